The number of carbonyl (C=O) groups excluding carboxylic acids is 1. The number of nitrogens with zero attached hydrogens (tertiary/aromatic N) is 1. The van der Waals surface area contributed by atoms with Crippen molar-refractivity contribution < 1.29 is 10.0 Å². The topological polar surface area (TPSA) is 87.7 Å². The normalized spacial score (nSPS) is 13.8. The lowest BCUT2D eigenvalue weighted by molar-refractivity contribution is -0.123. The van der Waals surface area contributed by atoms with Crippen LogP contribution in [0.25, 0.3) is 0 Å². The van der Waals surface area contributed by atoms with Gasteiger partial charge in [0, 0.05) is 6.54 Å². The minimum Gasteiger partial charge on any atom is -0.409 e. The zero-order valence-electron chi connectivity index (χ0n) is 12.3. The Labute approximate surface area is 119 Å². The second-order valence-electron chi connectivity index (χ2n) is 6.05. The van der Waals surface area contributed by atoms with E-state index in [-0.39, 0.29) is 17.2 Å². The Morgan fingerprint density at radius 1 is 1.35 bits per heavy atom. The van der Waals surface area contributed by atoms with Crippen LogP contribution >= 0.6 is 0 Å². The quantitative estimate of drug-likeness (QED) is 0.331. The standard InChI is InChI=1S/C15H23N3O2/c1-15(2,3)10-17-14(19)12(13(16)18-20)9-11-7-5-4-6-8-11/h4-8,12,20H,9-10H2,1-3H3,(H2,16,18)(H,17,19). The van der Waals surface area contributed by atoms with Gasteiger partial charge in [-0.25, -0.2) is 0 Å². The predicted molar refractivity (Wildman–Crippen MR) is 79.5 cm³/mol. The maximum Gasteiger partial charge on any atom is 0.231 e. The van der Waals surface area contributed by atoms with Crippen LogP contribution in [0, 0.1) is 11.3 Å². The van der Waals surface area contributed by atoms with Crippen LogP contribution in [0.15, 0.2) is 35.5 Å². The Hall–Kier alpha value is -2.04. The van der Waals surface area contributed by atoms with Gasteiger partial charge in [0.25, 0.3) is 0 Å². The fourth-order valence-corrected chi connectivity index (χ4v) is 1.73. The highest BCUT2D eigenvalue weighted by Crippen LogP contribution is 2.13. The van der Waals surface area contributed by atoms with E-state index < -0.39 is 5.92 Å². The first-order chi connectivity index (χ1) is 9.33. The molecule has 5 heteroatoms. The van der Waals surface area contributed by atoms with Crippen LogP contribution in [0.5, 0.6) is 0 Å². The molecular weight excluding hydrogens is 254 g/mol. The number of nitrogens with two attached hydrogens (primary N) is 1. The van der Waals surface area contributed by atoms with E-state index in [9.17, 15) is 4.79 Å². The summed E-state index contributed by atoms with van der Waals surface area (Å²) >= 11 is 0. The second kappa shape index (κ2) is 6.93. The molecule has 5 nitrogen and oxygen atoms in total. The summed E-state index contributed by atoms with van der Waals surface area (Å²) in [6.07, 6.45) is 0.409. The Bertz CT molecular complexity index is 464. The number of rotatable bonds is 5. The summed E-state index contributed by atoms with van der Waals surface area (Å²) in [4.78, 5) is 12.2. The highest BCUT2D eigenvalue weighted by Gasteiger charge is 2.24. The number of carbonyl (C=O) groups is 1. The fraction of sp³-hybridized carbons (Fsp3) is 0.467. The van der Waals surface area contributed by atoms with Crippen molar-refractivity contribution in [1.29, 1.82) is 0 Å². The third-order valence-corrected chi connectivity index (χ3v) is 2.86. The van der Waals surface area contributed by atoms with E-state index in [0.29, 0.717) is 13.0 Å². The fourth-order valence-electron chi connectivity index (χ4n) is 1.73. The van der Waals surface area contributed by atoms with Crippen molar-refractivity contribution in [2.24, 2.45) is 22.2 Å². The molecule has 0 radical (unpaired) electrons. The van der Waals surface area contributed by atoms with Crippen LogP contribution in [0.1, 0.15) is 26.3 Å². The Morgan fingerprint density at radius 3 is 2.45 bits per heavy atom. The van der Waals surface area contributed by atoms with Crippen molar-refractivity contribution in [3.8, 4) is 0 Å². The third kappa shape index (κ3) is 5.30. The molecule has 0 aliphatic carbocycles. The van der Waals surface area contributed by atoms with Crippen molar-refractivity contribution in [1.82, 2.24) is 5.32 Å². The lowest BCUT2D eigenvalue weighted by Gasteiger charge is -2.21. The minimum atomic E-state index is -0.662. The molecule has 0 aliphatic heterocycles. The van der Waals surface area contributed by atoms with Crippen LogP contribution < -0.4 is 11.1 Å². The highest BCUT2D eigenvalue weighted by atomic mass is 16.4. The zero-order chi connectivity index (χ0) is 15.2. The van der Waals surface area contributed by atoms with Crippen molar-refractivity contribution in [3.05, 3.63) is 35.9 Å². The average molecular weight is 277 g/mol. The first kappa shape index (κ1) is 16.0. The summed E-state index contributed by atoms with van der Waals surface area (Å²) in [5.41, 5.74) is 6.60. The van der Waals surface area contributed by atoms with E-state index in [2.05, 4.69) is 10.5 Å². The van der Waals surface area contributed by atoms with Gasteiger partial charge >= 0.3 is 0 Å². The zero-order valence-corrected chi connectivity index (χ0v) is 12.3. The van der Waals surface area contributed by atoms with Gasteiger partial charge in [-0.1, -0.05) is 56.3 Å². The smallest absolute Gasteiger partial charge is 0.231 e. The van der Waals surface area contributed by atoms with Gasteiger partial charge in [0.05, 0.1) is 0 Å². The van der Waals surface area contributed by atoms with Crippen LogP contribution in [-0.2, 0) is 11.2 Å². The van der Waals surface area contributed by atoms with E-state index in [1.165, 1.54) is 0 Å². The summed E-state index contributed by atoms with van der Waals surface area (Å²) in [5, 5.41) is 14.7. The molecule has 1 amide bonds. The molecular formula is C15H23N3O2. The van der Waals surface area contributed by atoms with Gasteiger partial charge in [0.2, 0.25) is 5.91 Å². The molecule has 4 N–H and O–H groups in total. The molecule has 0 saturated carbocycles. The van der Waals surface area contributed by atoms with Crippen LogP contribution in [-0.4, -0.2) is 23.5 Å². The lowest BCUT2D eigenvalue weighted by atomic mass is 9.94. The SMILES string of the molecule is CC(C)(C)CNC(=O)C(Cc1ccccc1)C(N)=NO. The molecule has 1 aromatic carbocycles. The summed E-state index contributed by atoms with van der Waals surface area (Å²) in [6, 6.07) is 9.52. The van der Waals surface area contributed by atoms with Gasteiger partial charge in [-0.15, -0.1) is 0 Å². The molecule has 1 aromatic rings. The third-order valence-electron chi connectivity index (χ3n) is 2.86. The van der Waals surface area contributed by atoms with Crippen LogP contribution in [0.4, 0.5) is 0 Å². The van der Waals surface area contributed by atoms with Crippen molar-refractivity contribution in [2.45, 2.75) is 27.2 Å². The number of hydrogen-bond acceptors (Lipinski definition) is 3. The van der Waals surface area contributed by atoms with E-state index in [1.54, 1.807) is 0 Å². The monoisotopic (exact) mass is 277 g/mol. The Kier molecular flexibility index (Phi) is 5.55. The first-order valence-electron chi connectivity index (χ1n) is 6.62. The highest BCUT2D eigenvalue weighted by molar-refractivity contribution is 6.02. The maximum atomic E-state index is 12.2. The molecule has 1 atom stereocenters. The molecule has 0 aliphatic rings. The number of amides is 1. The molecule has 0 bridgehead atoms. The molecule has 0 saturated heterocycles. The Balaban J connectivity index is 2.77. The molecule has 110 valence electrons. The molecule has 20 heavy (non-hydrogen) atoms. The van der Waals surface area contributed by atoms with Gasteiger partial charge < -0.3 is 16.3 Å². The maximum absolute atomic E-state index is 12.2. The van der Waals surface area contributed by atoms with E-state index in [0.717, 1.165) is 5.56 Å². The van der Waals surface area contributed by atoms with E-state index in [1.807, 2.05) is 51.1 Å². The molecule has 0 fully saturated rings. The number of oxime groups is 1. The number of hydrogen-bond donors (Lipinski definition) is 3. The van der Waals surface area contributed by atoms with Crippen molar-refractivity contribution >= 4 is 11.7 Å². The van der Waals surface area contributed by atoms with Gasteiger partial charge in [0.15, 0.2) is 5.84 Å². The minimum absolute atomic E-state index is 0.0158. The van der Waals surface area contributed by atoms with Crippen LogP contribution in [0.3, 0.4) is 0 Å². The predicted octanol–water partition coefficient (Wildman–Crippen LogP) is 1.75. The number of amidine groups is 1. The first-order valence-corrected chi connectivity index (χ1v) is 6.62. The van der Waals surface area contributed by atoms with E-state index in [4.69, 9.17) is 10.9 Å². The van der Waals surface area contributed by atoms with Crippen molar-refractivity contribution in [2.75, 3.05) is 6.54 Å². The average Bonchev–Trinajstić information content (AvgIpc) is 2.41. The van der Waals surface area contributed by atoms with Gasteiger partial charge in [-0.05, 0) is 17.4 Å². The van der Waals surface area contributed by atoms with Crippen molar-refractivity contribution in [3.63, 3.8) is 0 Å². The summed E-state index contributed by atoms with van der Waals surface area (Å²) in [6.45, 7) is 6.63. The number of benzene rings is 1. The largest absolute Gasteiger partial charge is 0.409 e. The Morgan fingerprint density at radius 2 is 1.95 bits per heavy atom. The number of nitrogens with one attached hydrogen (secondary N) is 1. The summed E-state index contributed by atoms with van der Waals surface area (Å²) < 4.78 is 0. The summed E-state index contributed by atoms with van der Waals surface area (Å²) in [5.74, 6) is -0.955. The molecule has 0 aromatic heterocycles. The van der Waals surface area contributed by atoms with Gasteiger partial charge in [-0.2, -0.15) is 0 Å². The second-order valence-corrected chi connectivity index (χ2v) is 6.05. The van der Waals surface area contributed by atoms with Gasteiger partial charge in [0.1, 0.15) is 5.92 Å². The van der Waals surface area contributed by atoms with E-state index >= 15 is 0 Å². The molecule has 1 rings (SSSR count). The molecule has 0 spiro atoms. The van der Waals surface area contributed by atoms with Crippen LogP contribution in [0.2, 0.25) is 0 Å². The molecule has 0 heterocycles. The summed E-state index contributed by atoms with van der Waals surface area (Å²) in [7, 11) is 0. The van der Waals surface area contributed by atoms with Gasteiger partial charge in [-0.3, -0.25) is 4.79 Å². The molecule has 1 unspecified atom stereocenters. The lowest BCUT2D eigenvalue weighted by Crippen LogP contribution is -2.42.